The fraction of sp³-hybridized carbons (Fsp3) is 0.250. The molecule has 0 bridgehead atoms. The van der Waals surface area contributed by atoms with Gasteiger partial charge >= 0.3 is 11.9 Å². The van der Waals surface area contributed by atoms with Gasteiger partial charge in [-0.25, -0.2) is 9.59 Å². The number of thiocarbonyl (C=S) groups is 1. The lowest BCUT2D eigenvalue weighted by Gasteiger charge is -2.21. The molecule has 25 heavy (non-hydrogen) atoms. The Morgan fingerprint density at radius 3 is 2.64 bits per heavy atom. The number of nitrogens with zero attached hydrogens (tertiary/aromatic N) is 1. The number of amides is 1. The van der Waals surface area contributed by atoms with E-state index in [2.05, 4.69) is 0 Å². The second kappa shape index (κ2) is 8.13. The molecule has 1 fully saturated rings. The number of thioether (sulfide) groups is 1. The van der Waals surface area contributed by atoms with Crippen molar-refractivity contribution in [3.8, 4) is 5.75 Å². The topological polar surface area (TPSA) is 104 Å². The number of carbonyl (C=O) groups is 3. The molecule has 1 atom stereocenters. The third-order valence-corrected chi connectivity index (χ3v) is 4.69. The summed E-state index contributed by atoms with van der Waals surface area (Å²) >= 11 is 6.15. The van der Waals surface area contributed by atoms with Gasteiger partial charge in [0.2, 0.25) is 0 Å². The first-order chi connectivity index (χ1) is 11.8. The number of hydrogen-bond donors (Lipinski definition) is 2. The monoisotopic (exact) mass is 381 g/mol. The minimum atomic E-state index is -1.12. The average Bonchev–Trinajstić information content (AvgIpc) is 2.82. The Kier molecular flexibility index (Phi) is 6.16. The SMILES string of the molecule is CCC(C(=O)O)N1C(=O)/C(=C/c2ccccc2OCC(=O)O)SC1=S. The van der Waals surface area contributed by atoms with Crippen LogP contribution in [0.4, 0.5) is 0 Å². The van der Waals surface area contributed by atoms with Crippen LogP contribution in [-0.2, 0) is 14.4 Å². The summed E-state index contributed by atoms with van der Waals surface area (Å²) in [5.74, 6) is -2.42. The molecular formula is C16H15NO6S2. The molecule has 1 aliphatic rings. The number of benzene rings is 1. The lowest BCUT2D eigenvalue weighted by atomic mass is 10.1. The molecule has 2 N–H and O–H groups in total. The van der Waals surface area contributed by atoms with E-state index >= 15 is 0 Å². The zero-order valence-corrected chi connectivity index (χ0v) is 14.8. The molecule has 0 saturated carbocycles. The summed E-state index contributed by atoms with van der Waals surface area (Å²) in [6.45, 7) is 1.15. The summed E-state index contributed by atoms with van der Waals surface area (Å²) in [6.07, 6.45) is 1.75. The van der Waals surface area contributed by atoms with Crippen molar-refractivity contribution in [2.75, 3.05) is 6.61 Å². The van der Waals surface area contributed by atoms with E-state index in [-0.39, 0.29) is 15.6 Å². The van der Waals surface area contributed by atoms with Gasteiger partial charge in [-0.05, 0) is 18.6 Å². The van der Waals surface area contributed by atoms with Crippen LogP contribution < -0.4 is 4.74 Å². The average molecular weight is 381 g/mol. The van der Waals surface area contributed by atoms with Crippen LogP contribution in [0.25, 0.3) is 6.08 Å². The van der Waals surface area contributed by atoms with Crippen molar-refractivity contribution < 1.29 is 29.3 Å². The molecule has 1 aliphatic heterocycles. The fourth-order valence-corrected chi connectivity index (χ4v) is 3.58. The zero-order chi connectivity index (χ0) is 18.6. The minimum Gasteiger partial charge on any atom is -0.481 e. The molecule has 132 valence electrons. The van der Waals surface area contributed by atoms with Gasteiger partial charge in [0.05, 0.1) is 4.91 Å². The number of para-hydroxylation sites is 1. The van der Waals surface area contributed by atoms with Crippen LogP contribution in [0.5, 0.6) is 5.75 Å². The first kappa shape index (κ1) is 18.9. The van der Waals surface area contributed by atoms with Crippen molar-refractivity contribution in [1.82, 2.24) is 4.90 Å². The second-order valence-electron chi connectivity index (χ2n) is 5.03. The van der Waals surface area contributed by atoms with E-state index in [0.29, 0.717) is 11.3 Å². The molecule has 2 rings (SSSR count). The maximum atomic E-state index is 12.6. The normalized spacial score (nSPS) is 17.0. The number of carbonyl (C=O) groups excluding carboxylic acids is 1. The van der Waals surface area contributed by atoms with Crippen molar-refractivity contribution in [1.29, 1.82) is 0 Å². The molecule has 0 radical (unpaired) electrons. The zero-order valence-electron chi connectivity index (χ0n) is 13.2. The van der Waals surface area contributed by atoms with E-state index in [1.807, 2.05) is 0 Å². The number of rotatable bonds is 7. The van der Waals surface area contributed by atoms with Gasteiger partial charge in [0.15, 0.2) is 6.61 Å². The van der Waals surface area contributed by atoms with Crippen molar-refractivity contribution in [2.45, 2.75) is 19.4 Å². The highest BCUT2D eigenvalue weighted by Crippen LogP contribution is 2.35. The van der Waals surface area contributed by atoms with Gasteiger partial charge in [-0.2, -0.15) is 0 Å². The molecule has 1 saturated heterocycles. The number of carboxylic acid groups (broad SMARTS) is 2. The van der Waals surface area contributed by atoms with Crippen LogP contribution in [-0.4, -0.2) is 49.9 Å². The van der Waals surface area contributed by atoms with Gasteiger partial charge < -0.3 is 14.9 Å². The molecular weight excluding hydrogens is 366 g/mol. The number of carboxylic acids is 2. The largest absolute Gasteiger partial charge is 0.481 e. The first-order valence-electron chi connectivity index (χ1n) is 7.28. The number of hydrogen-bond acceptors (Lipinski definition) is 6. The molecule has 7 nitrogen and oxygen atoms in total. The smallest absolute Gasteiger partial charge is 0.341 e. The maximum absolute atomic E-state index is 12.6. The Labute approximate surface area is 153 Å². The summed E-state index contributed by atoms with van der Waals surface area (Å²) in [5.41, 5.74) is 0.507. The Morgan fingerprint density at radius 1 is 1.36 bits per heavy atom. The van der Waals surface area contributed by atoms with E-state index in [9.17, 15) is 19.5 Å². The van der Waals surface area contributed by atoms with E-state index in [1.165, 1.54) is 6.08 Å². The van der Waals surface area contributed by atoms with E-state index < -0.39 is 30.5 Å². The highest BCUT2D eigenvalue weighted by Gasteiger charge is 2.39. The van der Waals surface area contributed by atoms with Gasteiger partial charge in [0.1, 0.15) is 16.1 Å². The molecule has 1 unspecified atom stereocenters. The summed E-state index contributed by atoms with van der Waals surface area (Å²) in [6, 6.07) is 5.63. The van der Waals surface area contributed by atoms with Crippen LogP contribution in [0.3, 0.4) is 0 Å². The number of aliphatic carboxylic acids is 2. The molecule has 0 spiro atoms. The van der Waals surface area contributed by atoms with Gasteiger partial charge in [-0.3, -0.25) is 9.69 Å². The molecule has 0 aliphatic carbocycles. The molecule has 0 aromatic heterocycles. The Bertz CT molecular complexity index is 761. The summed E-state index contributed by atoms with van der Waals surface area (Å²) in [7, 11) is 0. The fourth-order valence-electron chi connectivity index (χ4n) is 2.23. The third kappa shape index (κ3) is 4.37. The standard InChI is InChI=1S/C16H15NO6S2/c1-2-10(15(21)22)17-14(20)12(25-16(17)24)7-9-5-3-4-6-11(9)23-8-13(18)19/h3-7,10H,2,8H2,1H3,(H,18,19)(H,21,22)/b12-7-. The Hall–Kier alpha value is -2.39. The van der Waals surface area contributed by atoms with Crippen LogP contribution in [0.1, 0.15) is 18.9 Å². The maximum Gasteiger partial charge on any atom is 0.341 e. The van der Waals surface area contributed by atoms with Crippen LogP contribution >= 0.6 is 24.0 Å². The lowest BCUT2D eigenvalue weighted by Crippen LogP contribution is -2.43. The summed E-state index contributed by atoms with van der Waals surface area (Å²) in [4.78, 5) is 35.9. The van der Waals surface area contributed by atoms with Crippen molar-refractivity contribution in [2.24, 2.45) is 0 Å². The Balaban J connectivity index is 2.31. The van der Waals surface area contributed by atoms with Gasteiger partial charge in [-0.15, -0.1) is 0 Å². The van der Waals surface area contributed by atoms with Crippen molar-refractivity contribution in [3.05, 3.63) is 34.7 Å². The van der Waals surface area contributed by atoms with E-state index in [4.69, 9.17) is 22.1 Å². The molecule has 1 aromatic rings. The highest BCUT2D eigenvalue weighted by molar-refractivity contribution is 8.26. The third-order valence-electron chi connectivity index (χ3n) is 3.36. The van der Waals surface area contributed by atoms with Crippen molar-refractivity contribution in [3.63, 3.8) is 0 Å². The quantitative estimate of drug-likeness (QED) is 0.547. The van der Waals surface area contributed by atoms with Gasteiger partial charge in [-0.1, -0.05) is 49.1 Å². The molecule has 1 heterocycles. The first-order valence-corrected chi connectivity index (χ1v) is 8.51. The van der Waals surface area contributed by atoms with Crippen LogP contribution in [0.15, 0.2) is 29.2 Å². The minimum absolute atomic E-state index is 0.175. The van der Waals surface area contributed by atoms with E-state index in [1.54, 1.807) is 31.2 Å². The van der Waals surface area contributed by atoms with Crippen molar-refractivity contribution >= 4 is 52.2 Å². The Morgan fingerprint density at radius 2 is 2.04 bits per heavy atom. The molecule has 1 aromatic carbocycles. The molecule has 9 heteroatoms. The number of ether oxygens (including phenoxy) is 1. The highest BCUT2D eigenvalue weighted by atomic mass is 32.2. The van der Waals surface area contributed by atoms with Crippen LogP contribution in [0, 0.1) is 0 Å². The van der Waals surface area contributed by atoms with E-state index in [0.717, 1.165) is 16.7 Å². The molecule has 1 amide bonds. The van der Waals surface area contributed by atoms with Gasteiger partial charge in [0, 0.05) is 5.56 Å². The summed E-state index contributed by atoms with van der Waals surface area (Å²) in [5, 5.41) is 18.0. The second-order valence-corrected chi connectivity index (χ2v) is 6.71. The van der Waals surface area contributed by atoms with Crippen LogP contribution in [0.2, 0.25) is 0 Å². The predicted molar refractivity (Wildman–Crippen MR) is 96.3 cm³/mol. The lowest BCUT2D eigenvalue weighted by molar-refractivity contribution is -0.145. The summed E-state index contributed by atoms with van der Waals surface area (Å²) < 4.78 is 5.37. The predicted octanol–water partition coefficient (Wildman–Crippen LogP) is 2.21. The van der Waals surface area contributed by atoms with Gasteiger partial charge in [0.25, 0.3) is 5.91 Å².